The molecule has 0 saturated heterocycles. The smallest absolute Gasteiger partial charge is 0.142 e. The molecule has 4 N–H and O–H groups in total. The van der Waals surface area contributed by atoms with E-state index < -0.39 is 0 Å². The fourth-order valence-corrected chi connectivity index (χ4v) is 2.63. The van der Waals surface area contributed by atoms with Crippen LogP contribution >= 0.6 is 0 Å². The zero-order chi connectivity index (χ0) is 17.9. The van der Waals surface area contributed by atoms with Crippen LogP contribution in [0.25, 0.3) is 0 Å². The van der Waals surface area contributed by atoms with E-state index in [9.17, 15) is 0 Å². The van der Waals surface area contributed by atoms with Crippen LogP contribution < -0.4 is 20.9 Å². The Morgan fingerprint density at radius 1 is 0.720 bits per heavy atom. The molecule has 0 unspecified atom stereocenters. The second-order valence-electron chi connectivity index (χ2n) is 6.37. The van der Waals surface area contributed by atoms with Gasteiger partial charge < -0.3 is 20.9 Å². The molecule has 0 saturated carbocycles. The number of benzene rings is 2. The Morgan fingerprint density at radius 2 is 1.32 bits per heavy atom. The summed E-state index contributed by atoms with van der Waals surface area (Å²) in [7, 11) is 0. The van der Waals surface area contributed by atoms with Crippen LogP contribution in [0.2, 0.25) is 0 Å². The number of para-hydroxylation sites is 1. The van der Waals surface area contributed by atoms with Crippen molar-refractivity contribution in [1.29, 1.82) is 0 Å². The Labute approximate surface area is 151 Å². The number of nitrogens with two attached hydrogens (primary N) is 2. The maximum Gasteiger partial charge on any atom is 0.142 e. The van der Waals surface area contributed by atoms with Crippen LogP contribution in [0.4, 0.5) is 11.4 Å². The molecule has 2 aromatic carbocycles. The van der Waals surface area contributed by atoms with Gasteiger partial charge in [-0.3, -0.25) is 0 Å². The van der Waals surface area contributed by atoms with Crippen molar-refractivity contribution >= 4 is 11.4 Å². The van der Waals surface area contributed by atoms with E-state index in [0.29, 0.717) is 0 Å². The fourth-order valence-electron chi connectivity index (χ4n) is 2.63. The summed E-state index contributed by atoms with van der Waals surface area (Å²) in [5.41, 5.74) is 14.2. The monoisotopic (exact) mass is 342 g/mol. The quantitative estimate of drug-likeness (QED) is 0.447. The third kappa shape index (κ3) is 6.96. The highest BCUT2D eigenvalue weighted by molar-refractivity contribution is 5.57. The highest BCUT2D eigenvalue weighted by atomic mass is 16.5. The van der Waals surface area contributed by atoms with Gasteiger partial charge in [-0.25, -0.2) is 0 Å². The van der Waals surface area contributed by atoms with Crippen LogP contribution in [0, 0.1) is 6.92 Å². The third-order valence-corrected chi connectivity index (χ3v) is 4.23. The summed E-state index contributed by atoms with van der Waals surface area (Å²) in [5, 5.41) is 0. The average Bonchev–Trinajstić information content (AvgIpc) is 2.61. The first-order valence-corrected chi connectivity index (χ1v) is 9.13. The summed E-state index contributed by atoms with van der Waals surface area (Å²) >= 11 is 0. The molecule has 0 fully saturated rings. The Hall–Kier alpha value is -2.36. The van der Waals surface area contributed by atoms with Crippen LogP contribution in [0.15, 0.2) is 42.5 Å². The van der Waals surface area contributed by atoms with Gasteiger partial charge in [0.25, 0.3) is 0 Å². The lowest BCUT2D eigenvalue weighted by Crippen LogP contribution is -2.01. The molecule has 0 aromatic heterocycles. The molecule has 2 aromatic rings. The SMILES string of the molecule is Cc1cccc(OCCCCCCCCOc2ccc(N)cc2)c1N. The first-order chi connectivity index (χ1) is 12.2. The van der Waals surface area contributed by atoms with Crippen molar-refractivity contribution in [3.05, 3.63) is 48.0 Å². The van der Waals surface area contributed by atoms with Crippen LogP contribution in [0.1, 0.15) is 44.1 Å². The van der Waals surface area contributed by atoms with Gasteiger partial charge in [0.15, 0.2) is 0 Å². The van der Waals surface area contributed by atoms with Gasteiger partial charge in [0.2, 0.25) is 0 Å². The predicted octanol–water partition coefficient (Wildman–Crippen LogP) is 4.96. The summed E-state index contributed by atoms with van der Waals surface area (Å²) in [5.74, 6) is 1.70. The minimum Gasteiger partial charge on any atom is -0.494 e. The molecule has 136 valence electrons. The van der Waals surface area contributed by atoms with E-state index in [-0.39, 0.29) is 0 Å². The second kappa shape index (κ2) is 10.5. The van der Waals surface area contributed by atoms with Crippen molar-refractivity contribution in [1.82, 2.24) is 0 Å². The standard InChI is InChI=1S/C21H30N2O2/c1-17-9-8-10-20(21(17)23)25-16-7-5-3-2-4-6-15-24-19-13-11-18(22)12-14-19/h8-14H,2-7,15-16,22-23H2,1H3. The van der Waals surface area contributed by atoms with Crippen LogP contribution in [0.5, 0.6) is 11.5 Å². The van der Waals surface area contributed by atoms with Crippen LogP contribution in [-0.4, -0.2) is 13.2 Å². The van der Waals surface area contributed by atoms with E-state index in [2.05, 4.69) is 0 Å². The number of hydrogen-bond donors (Lipinski definition) is 2. The summed E-state index contributed by atoms with van der Waals surface area (Å²) in [6.45, 7) is 3.49. The molecular formula is C21H30N2O2. The molecular weight excluding hydrogens is 312 g/mol. The van der Waals surface area contributed by atoms with Crippen molar-refractivity contribution in [3.8, 4) is 11.5 Å². The molecule has 0 spiro atoms. The zero-order valence-corrected chi connectivity index (χ0v) is 15.2. The van der Waals surface area contributed by atoms with Crippen molar-refractivity contribution in [2.24, 2.45) is 0 Å². The van der Waals surface area contributed by atoms with Crippen molar-refractivity contribution < 1.29 is 9.47 Å². The predicted molar refractivity (Wildman–Crippen MR) is 105 cm³/mol. The normalized spacial score (nSPS) is 10.6. The molecule has 0 aliphatic carbocycles. The Kier molecular flexibility index (Phi) is 7.96. The van der Waals surface area contributed by atoms with Crippen molar-refractivity contribution in [2.75, 3.05) is 24.7 Å². The number of unbranched alkanes of at least 4 members (excludes halogenated alkanes) is 5. The lowest BCUT2D eigenvalue weighted by molar-refractivity contribution is 0.297. The van der Waals surface area contributed by atoms with Gasteiger partial charge in [0.1, 0.15) is 11.5 Å². The number of ether oxygens (including phenoxy) is 2. The Bertz CT molecular complexity index is 626. The number of aryl methyl sites for hydroxylation is 1. The van der Waals surface area contributed by atoms with E-state index in [1.807, 2.05) is 49.4 Å². The molecule has 4 nitrogen and oxygen atoms in total. The first kappa shape index (κ1) is 19.0. The Morgan fingerprint density at radius 3 is 2.00 bits per heavy atom. The third-order valence-electron chi connectivity index (χ3n) is 4.23. The summed E-state index contributed by atoms with van der Waals surface area (Å²) in [6, 6.07) is 13.5. The van der Waals surface area contributed by atoms with Crippen molar-refractivity contribution in [3.63, 3.8) is 0 Å². The molecule has 2 rings (SSSR count). The summed E-state index contributed by atoms with van der Waals surface area (Å²) in [6.07, 6.45) is 6.99. The van der Waals surface area contributed by atoms with Crippen LogP contribution in [0.3, 0.4) is 0 Å². The lowest BCUT2D eigenvalue weighted by atomic mass is 10.1. The van der Waals surface area contributed by atoms with Gasteiger partial charge in [0, 0.05) is 5.69 Å². The van der Waals surface area contributed by atoms with Gasteiger partial charge in [-0.05, 0) is 55.7 Å². The fraction of sp³-hybridized carbons (Fsp3) is 0.429. The van der Waals surface area contributed by atoms with Gasteiger partial charge in [-0.2, -0.15) is 0 Å². The van der Waals surface area contributed by atoms with E-state index in [4.69, 9.17) is 20.9 Å². The van der Waals surface area contributed by atoms with Gasteiger partial charge in [0.05, 0.1) is 18.9 Å². The molecule has 0 radical (unpaired) electrons. The molecule has 4 heteroatoms. The minimum atomic E-state index is 0.730. The first-order valence-electron chi connectivity index (χ1n) is 9.13. The molecule has 0 aliphatic heterocycles. The summed E-state index contributed by atoms with van der Waals surface area (Å²) < 4.78 is 11.5. The topological polar surface area (TPSA) is 70.5 Å². The maximum absolute atomic E-state index is 6.00. The average molecular weight is 342 g/mol. The highest BCUT2D eigenvalue weighted by Crippen LogP contribution is 2.24. The van der Waals surface area contributed by atoms with Crippen LogP contribution in [-0.2, 0) is 0 Å². The minimum absolute atomic E-state index is 0.730. The summed E-state index contributed by atoms with van der Waals surface area (Å²) in [4.78, 5) is 0. The van der Waals surface area contributed by atoms with E-state index >= 15 is 0 Å². The number of nitrogen functional groups attached to an aromatic ring is 2. The zero-order valence-electron chi connectivity index (χ0n) is 15.2. The largest absolute Gasteiger partial charge is 0.494 e. The van der Waals surface area contributed by atoms with E-state index in [1.54, 1.807) is 0 Å². The molecule has 0 bridgehead atoms. The lowest BCUT2D eigenvalue weighted by Gasteiger charge is -2.10. The maximum atomic E-state index is 6.00. The number of rotatable bonds is 11. The Balaban J connectivity index is 1.44. The molecule has 0 atom stereocenters. The van der Waals surface area contributed by atoms with Gasteiger partial charge in [-0.1, -0.05) is 37.8 Å². The number of hydrogen-bond acceptors (Lipinski definition) is 4. The molecule has 0 heterocycles. The molecule has 0 aliphatic rings. The number of anilines is 2. The van der Waals surface area contributed by atoms with Gasteiger partial charge in [-0.15, -0.1) is 0 Å². The molecule has 25 heavy (non-hydrogen) atoms. The van der Waals surface area contributed by atoms with Crippen molar-refractivity contribution in [2.45, 2.75) is 45.4 Å². The highest BCUT2D eigenvalue weighted by Gasteiger charge is 2.02. The second-order valence-corrected chi connectivity index (χ2v) is 6.37. The van der Waals surface area contributed by atoms with Gasteiger partial charge >= 0.3 is 0 Å². The van der Waals surface area contributed by atoms with E-state index in [1.165, 1.54) is 25.7 Å². The van der Waals surface area contributed by atoms with E-state index in [0.717, 1.165) is 54.5 Å². The molecule has 0 amide bonds.